The molecule has 2 aromatic carbocycles. The summed E-state index contributed by atoms with van der Waals surface area (Å²) in [5.41, 5.74) is -3.23. The van der Waals surface area contributed by atoms with E-state index in [1.54, 1.807) is 56.3 Å². The minimum Gasteiger partial charge on any atom is -0.485 e. The fraction of sp³-hybridized carbons (Fsp3) is 0.280. The van der Waals surface area contributed by atoms with Crippen LogP contribution >= 0.6 is 0 Å². The number of hydrogen-bond acceptors (Lipinski definition) is 5. The van der Waals surface area contributed by atoms with Crippen LogP contribution in [0.2, 0.25) is 0 Å². The van der Waals surface area contributed by atoms with Gasteiger partial charge in [0, 0.05) is 11.5 Å². The molecule has 9 heteroatoms. The number of para-hydroxylation sites is 1. The number of ether oxygens (including phenoxy) is 3. The van der Waals surface area contributed by atoms with Gasteiger partial charge in [-0.2, -0.15) is 13.2 Å². The van der Waals surface area contributed by atoms with E-state index in [0.717, 1.165) is 12.1 Å². The molecule has 0 radical (unpaired) electrons. The molecule has 1 aliphatic carbocycles. The summed E-state index contributed by atoms with van der Waals surface area (Å²) < 4.78 is 69.8. The van der Waals surface area contributed by atoms with Gasteiger partial charge in [-0.25, -0.2) is 9.37 Å². The second-order valence-electron chi connectivity index (χ2n) is 8.44. The zero-order chi connectivity index (χ0) is 24.7. The highest BCUT2D eigenvalue weighted by Gasteiger charge is 2.81. The molecule has 1 aromatic heterocycles. The average molecular weight is 475 g/mol. The number of pyridine rings is 1. The number of carbonyl (C=O) groups is 1. The summed E-state index contributed by atoms with van der Waals surface area (Å²) in [6.07, 6.45) is -5.66. The van der Waals surface area contributed by atoms with E-state index in [1.807, 2.05) is 6.07 Å². The first-order chi connectivity index (χ1) is 16.0. The molecule has 1 fully saturated rings. The Hall–Kier alpha value is -3.62. The molecule has 1 heterocycles. The van der Waals surface area contributed by atoms with E-state index in [1.165, 1.54) is 7.11 Å². The van der Waals surface area contributed by atoms with Gasteiger partial charge >= 0.3 is 12.1 Å². The van der Waals surface area contributed by atoms with E-state index in [2.05, 4.69) is 4.98 Å². The molecule has 5 nitrogen and oxygen atoms in total. The van der Waals surface area contributed by atoms with Crippen LogP contribution in [0, 0.1) is 11.2 Å². The van der Waals surface area contributed by atoms with Crippen LogP contribution < -0.4 is 9.47 Å². The van der Waals surface area contributed by atoms with Crippen molar-refractivity contribution in [3.05, 3.63) is 83.8 Å². The van der Waals surface area contributed by atoms with Crippen LogP contribution in [-0.2, 0) is 21.1 Å². The smallest absolute Gasteiger partial charge is 0.416 e. The van der Waals surface area contributed by atoms with Crippen LogP contribution in [0.4, 0.5) is 17.6 Å². The summed E-state index contributed by atoms with van der Waals surface area (Å²) in [7, 11) is 1.21. The SMILES string of the molecule is COC(=O)C1(c2cccc(Oc3ccccc3)n2)C(Oc2ccc(C(F)(F)F)cc2F)C1(C)C. The van der Waals surface area contributed by atoms with Crippen molar-refractivity contribution in [1.82, 2.24) is 4.98 Å². The van der Waals surface area contributed by atoms with Crippen molar-refractivity contribution in [2.45, 2.75) is 31.5 Å². The molecule has 1 aliphatic rings. The van der Waals surface area contributed by atoms with Gasteiger partial charge in [-0.05, 0) is 36.4 Å². The number of nitrogens with zero attached hydrogens (tertiary/aromatic N) is 1. The fourth-order valence-electron chi connectivity index (χ4n) is 4.25. The third-order valence-electron chi connectivity index (χ3n) is 6.09. The largest absolute Gasteiger partial charge is 0.485 e. The lowest BCUT2D eigenvalue weighted by molar-refractivity contribution is -0.145. The predicted molar refractivity (Wildman–Crippen MR) is 114 cm³/mol. The minimum atomic E-state index is -4.70. The van der Waals surface area contributed by atoms with E-state index in [-0.39, 0.29) is 11.6 Å². The minimum absolute atomic E-state index is 0.217. The number of esters is 1. The van der Waals surface area contributed by atoms with Gasteiger partial charge in [0.1, 0.15) is 11.9 Å². The topological polar surface area (TPSA) is 57.7 Å². The van der Waals surface area contributed by atoms with Crippen LogP contribution in [0.3, 0.4) is 0 Å². The zero-order valence-corrected chi connectivity index (χ0v) is 18.5. The fourth-order valence-corrected chi connectivity index (χ4v) is 4.25. The van der Waals surface area contributed by atoms with E-state index in [9.17, 15) is 22.4 Å². The van der Waals surface area contributed by atoms with Crippen molar-refractivity contribution in [1.29, 1.82) is 0 Å². The summed E-state index contributed by atoms with van der Waals surface area (Å²) in [6, 6.07) is 15.7. The molecule has 0 aliphatic heterocycles. The summed E-state index contributed by atoms with van der Waals surface area (Å²) in [6.45, 7) is 3.42. The first-order valence-corrected chi connectivity index (χ1v) is 10.3. The monoisotopic (exact) mass is 475 g/mol. The first-order valence-electron chi connectivity index (χ1n) is 10.3. The van der Waals surface area contributed by atoms with Gasteiger partial charge in [0.25, 0.3) is 0 Å². The summed E-state index contributed by atoms with van der Waals surface area (Å²) in [5.74, 6) is -1.51. The number of methoxy groups -OCH3 is 1. The second-order valence-corrected chi connectivity index (χ2v) is 8.44. The molecule has 2 atom stereocenters. The summed E-state index contributed by atoms with van der Waals surface area (Å²) >= 11 is 0. The molecule has 0 bridgehead atoms. The molecule has 3 aromatic rings. The lowest BCUT2D eigenvalue weighted by Crippen LogP contribution is -2.31. The van der Waals surface area contributed by atoms with E-state index >= 15 is 0 Å². The van der Waals surface area contributed by atoms with Gasteiger partial charge in [-0.3, -0.25) is 4.79 Å². The molecular weight excluding hydrogens is 454 g/mol. The van der Waals surface area contributed by atoms with E-state index in [0.29, 0.717) is 11.8 Å². The van der Waals surface area contributed by atoms with Crippen LogP contribution in [0.1, 0.15) is 25.1 Å². The average Bonchev–Trinajstić information content (AvgIpc) is 3.29. The van der Waals surface area contributed by atoms with Crippen molar-refractivity contribution in [2.75, 3.05) is 7.11 Å². The highest BCUT2D eigenvalue weighted by atomic mass is 19.4. The number of benzene rings is 2. The van der Waals surface area contributed by atoms with Crippen molar-refractivity contribution < 1.29 is 36.6 Å². The van der Waals surface area contributed by atoms with Gasteiger partial charge in [-0.15, -0.1) is 0 Å². The Morgan fingerprint density at radius 2 is 1.71 bits per heavy atom. The zero-order valence-electron chi connectivity index (χ0n) is 18.5. The van der Waals surface area contributed by atoms with Crippen LogP contribution in [0.5, 0.6) is 17.4 Å². The van der Waals surface area contributed by atoms with Gasteiger partial charge in [0.2, 0.25) is 5.88 Å². The Balaban J connectivity index is 1.69. The maximum atomic E-state index is 14.5. The normalized spacial score (nSPS) is 21.0. The maximum absolute atomic E-state index is 14.5. The standard InChI is InChI=1S/C25H21F4NO4/c1-23(2)21(34-18-13-12-15(14-17(18)26)25(27,28)29)24(23,22(31)32-3)19-10-7-11-20(30-19)33-16-8-5-4-6-9-16/h4-14,21H,1-3H3. The van der Waals surface area contributed by atoms with Crippen molar-refractivity contribution in [3.8, 4) is 17.4 Å². The number of halogens is 4. The lowest BCUT2D eigenvalue weighted by atomic mass is 9.91. The molecule has 0 N–H and O–H groups in total. The van der Waals surface area contributed by atoms with Crippen molar-refractivity contribution >= 4 is 5.97 Å². The number of carbonyl (C=O) groups excluding carboxylic acids is 1. The van der Waals surface area contributed by atoms with Crippen LogP contribution in [-0.4, -0.2) is 24.2 Å². The Bertz CT molecular complexity index is 1210. The first kappa shape index (κ1) is 23.5. The number of alkyl halides is 3. The quantitative estimate of drug-likeness (QED) is 0.327. The highest BCUT2D eigenvalue weighted by Crippen LogP contribution is 2.66. The van der Waals surface area contributed by atoms with Gasteiger partial charge in [0.05, 0.1) is 18.4 Å². The number of hydrogen-bond donors (Lipinski definition) is 0. The molecule has 2 unspecified atom stereocenters. The van der Waals surface area contributed by atoms with Crippen molar-refractivity contribution in [3.63, 3.8) is 0 Å². The Kier molecular flexibility index (Phi) is 5.75. The highest BCUT2D eigenvalue weighted by molar-refractivity contribution is 5.90. The van der Waals surface area contributed by atoms with Gasteiger partial charge < -0.3 is 14.2 Å². The Labute approximate surface area is 193 Å². The molecule has 0 saturated heterocycles. The van der Waals surface area contributed by atoms with Crippen LogP contribution in [0.25, 0.3) is 0 Å². The van der Waals surface area contributed by atoms with Gasteiger partial charge in [0.15, 0.2) is 17.0 Å². The Morgan fingerprint density at radius 1 is 1.00 bits per heavy atom. The van der Waals surface area contributed by atoms with Crippen molar-refractivity contribution in [2.24, 2.45) is 5.41 Å². The summed E-state index contributed by atoms with van der Waals surface area (Å²) in [5, 5.41) is 0. The number of rotatable bonds is 6. The molecule has 0 spiro atoms. The molecule has 34 heavy (non-hydrogen) atoms. The molecular formula is C25H21F4NO4. The van der Waals surface area contributed by atoms with E-state index < -0.39 is 46.2 Å². The second kappa shape index (κ2) is 8.30. The predicted octanol–water partition coefficient (Wildman–Crippen LogP) is 5.93. The van der Waals surface area contributed by atoms with E-state index in [4.69, 9.17) is 14.2 Å². The summed E-state index contributed by atoms with van der Waals surface area (Å²) in [4.78, 5) is 17.5. The molecule has 4 rings (SSSR count). The maximum Gasteiger partial charge on any atom is 0.416 e. The molecule has 0 amide bonds. The van der Waals surface area contributed by atoms with Gasteiger partial charge in [-0.1, -0.05) is 38.1 Å². The Morgan fingerprint density at radius 3 is 2.32 bits per heavy atom. The molecule has 1 saturated carbocycles. The lowest BCUT2D eigenvalue weighted by Gasteiger charge is -2.18. The molecule has 178 valence electrons. The van der Waals surface area contributed by atoms with Crippen LogP contribution in [0.15, 0.2) is 66.7 Å². The third kappa shape index (κ3) is 3.85. The third-order valence-corrected chi connectivity index (χ3v) is 6.09. The number of aromatic nitrogens is 1.